The Kier molecular flexibility index (Phi) is 5.86. The summed E-state index contributed by atoms with van der Waals surface area (Å²) in [4.78, 5) is 12.0. The highest BCUT2D eigenvalue weighted by molar-refractivity contribution is 7.92. The van der Waals surface area contributed by atoms with Gasteiger partial charge in [0.25, 0.3) is 15.9 Å². The second-order valence-corrected chi connectivity index (χ2v) is 8.29. The standard InChI is InChI=1S/C20H15ClF2N2O3S/c1-12-2-5-14(21)10-19(12)24-20(26)13-3-6-15(7-4-13)25-29(27,28)16-8-9-17(22)18(23)11-16/h2-11,25H,1H3,(H,24,26). The van der Waals surface area contributed by atoms with E-state index in [1.54, 1.807) is 18.2 Å². The minimum absolute atomic E-state index is 0.158. The molecular weight excluding hydrogens is 422 g/mol. The van der Waals surface area contributed by atoms with Crippen molar-refractivity contribution in [2.75, 3.05) is 10.0 Å². The Morgan fingerprint density at radius 1 is 0.931 bits per heavy atom. The first-order valence-electron chi connectivity index (χ1n) is 8.31. The zero-order valence-electron chi connectivity index (χ0n) is 15.0. The number of anilines is 2. The zero-order chi connectivity index (χ0) is 21.2. The second-order valence-electron chi connectivity index (χ2n) is 6.17. The largest absolute Gasteiger partial charge is 0.322 e. The smallest absolute Gasteiger partial charge is 0.261 e. The minimum atomic E-state index is -4.12. The maximum absolute atomic E-state index is 13.3. The Hall–Kier alpha value is -2.97. The molecule has 3 rings (SSSR count). The van der Waals surface area contributed by atoms with Crippen molar-refractivity contribution in [2.45, 2.75) is 11.8 Å². The summed E-state index contributed by atoms with van der Waals surface area (Å²) in [5, 5.41) is 3.21. The fourth-order valence-electron chi connectivity index (χ4n) is 2.47. The molecule has 0 saturated heterocycles. The number of hydrogen-bond acceptors (Lipinski definition) is 3. The molecule has 0 heterocycles. The molecule has 0 atom stereocenters. The van der Waals surface area contributed by atoms with Crippen molar-refractivity contribution in [1.29, 1.82) is 0 Å². The number of nitrogens with one attached hydrogen (secondary N) is 2. The number of amides is 1. The van der Waals surface area contributed by atoms with Crippen molar-refractivity contribution in [1.82, 2.24) is 0 Å². The Bertz CT molecular complexity index is 1180. The molecule has 0 bridgehead atoms. The minimum Gasteiger partial charge on any atom is -0.322 e. The van der Waals surface area contributed by atoms with Crippen molar-refractivity contribution < 1.29 is 22.0 Å². The highest BCUT2D eigenvalue weighted by atomic mass is 35.5. The summed E-state index contributed by atoms with van der Waals surface area (Å²) in [6, 6.07) is 13.0. The lowest BCUT2D eigenvalue weighted by atomic mass is 10.1. The van der Waals surface area contributed by atoms with Gasteiger partial charge in [0.2, 0.25) is 0 Å². The number of hydrogen-bond donors (Lipinski definition) is 2. The summed E-state index contributed by atoms with van der Waals surface area (Å²) in [5.74, 6) is -2.81. The van der Waals surface area contributed by atoms with E-state index in [1.165, 1.54) is 24.3 Å². The highest BCUT2D eigenvalue weighted by Gasteiger charge is 2.17. The van der Waals surface area contributed by atoms with E-state index >= 15 is 0 Å². The van der Waals surface area contributed by atoms with Gasteiger partial charge in [0.1, 0.15) is 0 Å². The van der Waals surface area contributed by atoms with E-state index in [4.69, 9.17) is 11.6 Å². The van der Waals surface area contributed by atoms with E-state index in [0.717, 1.165) is 17.7 Å². The van der Waals surface area contributed by atoms with Gasteiger partial charge in [-0.05, 0) is 67.1 Å². The average molecular weight is 437 g/mol. The van der Waals surface area contributed by atoms with Crippen LogP contribution < -0.4 is 10.0 Å². The van der Waals surface area contributed by atoms with E-state index in [9.17, 15) is 22.0 Å². The number of halogens is 3. The maximum atomic E-state index is 13.3. The number of aryl methyl sites for hydroxylation is 1. The summed E-state index contributed by atoms with van der Waals surface area (Å²) >= 11 is 5.94. The Labute approximate surface area is 171 Å². The first kappa shape index (κ1) is 20.8. The molecule has 3 aromatic carbocycles. The predicted molar refractivity (Wildman–Crippen MR) is 108 cm³/mol. The normalized spacial score (nSPS) is 11.2. The van der Waals surface area contributed by atoms with Gasteiger partial charge in [-0.25, -0.2) is 17.2 Å². The molecule has 0 aliphatic heterocycles. The summed E-state index contributed by atoms with van der Waals surface area (Å²) < 4.78 is 53.2. The molecule has 0 spiro atoms. The van der Waals surface area contributed by atoms with Gasteiger partial charge in [-0.2, -0.15) is 0 Å². The molecular formula is C20H15ClF2N2O3S. The van der Waals surface area contributed by atoms with Crippen LogP contribution >= 0.6 is 11.6 Å². The highest BCUT2D eigenvalue weighted by Crippen LogP contribution is 2.22. The number of benzene rings is 3. The molecule has 0 aliphatic carbocycles. The van der Waals surface area contributed by atoms with Crippen LogP contribution in [0.15, 0.2) is 65.6 Å². The lowest BCUT2D eigenvalue weighted by Crippen LogP contribution is -2.15. The molecule has 2 N–H and O–H groups in total. The van der Waals surface area contributed by atoms with Crippen molar-refractivity contribution in [2.24, 2.45) is 0 Å². The Balaban J connectivity index is 1.75. The van der Waals surface area contributed by atoms with Gasteiger partial charge >= 0.3 is 0 Å². The van der Waals surface area contributed by atoms with Crippen LogP contribution in [0.3, 0.4) is 0 Å². The molecule has 0 fully saturated rings. The molecule has 9 heteroatoms. The van der Waals surface area contributed by atoms with Crippen molar-refractivity contribution >= 4 is 38.9 Å². The van der Waals surface area contributed by atoms with E-state index in [1.807, 2.05) is 6.92 Å². The molecule has 1 amide bonds. The molecule has 150 valence electrons. The van der Waals surface area contributed by atoms with Crippen LogP contribution in [0.2, 0.25) is 5.02 Å². The number of rotatable bonds is 5. The molecule has 0 radical (unpaired) electrons. The topological polar surface area (TPSA) is 75.3 Å². The van der Waals surface area contributed by atoms with Crippen LogP contribution in [0.1, 0.15) is 15.9 Å². The SMILES string of the molecule is Cc1ccc(Cl)cc1NC(=O)c1ccc(NS(=O)(=O)c2ccc(F)c(F)c2)cc1. The number of carbonyl (C=O) groups excluding carboxylic acids is 1. The lowest BCUT2D eigenvalue weighted by molar-refractivity contribution is 0.102. The molecule has 0 saturated carbocycles. The van der Waals surface area contributed by atoms with E-state index < -0.39 is 32.5 Å². The van der Waals surface area contributed by atoms with Crippen molar-refractivity contribution in [3.8, 4) is 0 Å². The van der Waals surface area contributed by atoms with Crippen LogP contribution in [-0.4, -0.2) is 14.3 Å². The van der Waals surface area contributed by atoms with Gasteiger partial charge in [-0.15, -0.1) is 0 Å². The van der Waals surface area contributed by atoms with Crippen LogP contribution in [0.25, 0.3) is 0 Å². The van der Waals surface area contributed by atoms with Crippen LogP contribution in [0.5, 0.6) is 0 Å². The monoisotopic (exact) mass is 436 g/mol. The third-order valence-electron chi connectivity index (χ3n) is 4.05. The van der Waals surface area contributed by atoms with Gasteiger partial charge in [-0.3, -0.25) is 9.52 Å². The zero-order valence-corrected chi connectivity index (χ0v) is 16.6. The van der Waals surface area contributed by atoms with Crippen molar-refractivity contribution in [3.63, 3.8) is 0 Å². The van der Waals surface area contributed by atoms with Crippen molar-refractivity contribution in [3.05, 3.63) is 88.4 Å². The molecule has 29 heavy (non-hydrogen) atoms. The summed E-state index contributed by atoms with van der Waals surface area (Å²) in [6.07, 6.45) is 0. The Morgan fingerprint density at radius 2 is 1.62 bits per heavy atom. The predicted octanol–water partition coefficient (Wildman–Crippen LogP) is 4.98. The van der Waals surface area contributed by atoms with Crippen LogP contribution in [0, 0.1) is 18.6 Å². The van der Waals surface area contributed by atoms with E-state index in [-0.39, 0.29) is 5.69 Å². The second kappa shape index (κ2) is 8.18. The van der Waals surface area contributed by atoms with Gasteiger partial charge in [0.05, 0.1) is 4.90 Å². The van der Waals surface area contributed by atoms with Crippen LogP contribution in [0.4, 0.5) is 20.2 Å². The molecule has 0 unspecified atom stereocenters. The third-order valence-corrected chi connectivity index (χ3v) is 5.66. The summed E-state index contributed by atoms with van der Waals surface area (Å²) in [5.41, 5.74) is 1.84. The van der Waals surface area contributed by atoms with Gasteiger partial charge in [-0.1, -0.05) is 17.7 Å². The third kappa shape index (κ3) is 4.90. The summed E-state index contributed by atoms with van der Waals surface area (Å²) in [7, 11) is -4.12. The fraction of sp³-hybridized carbons (Fsp3) is 0.0500. The van der Waals surface area contributed by atoms with E-state index in [0.29, 0.717) is 22.3 Å². The lowest BCUT2D eigenvalue weighted by Gasteiger charge is -2.11. The maximum Gasteiger partial charge on any atom is 0.261 e. The Morgan fingerprint density at radius 3 is 2.28 bits per heavy atom. The van der Waals surface area contributed by atoms with Gasteiger partial charge in [0, 0.05) is 22.0 Å². The van der Waals surface area contributed by atoms with Crippen LogP contribution in [-0.2, 0) is 10.0 Å². The molecule has 3 aromatic rings. The molecule has 5 nitrogen and oxygen atoms in total. The van der Waals surface area contributed by atoms with Gasteiger partial charge < -0.3 is 5.32 Å². The first-order valence-corrected chi connectivity index (χ1v) is 10.2. The molecule has 0 aliphatic rings. The molecule has 0 aromatic heterocycles. The van der Waals surface area contributed by atoms with E-state index in [2.05, 4.69) is 10.0 Å². The van der Waals surface area contributed by atoms with Gasteiger partial charge in [0.15, 0.2) is 11.6 Å². The summed E-state index contributed by atoms with van der Waals surface area (Å²) in [6.45, 7) is 1.82. The quantitative estimate of drug-likeness (QED) is 0.592. The number of carbonyl (C=O) groups is 1. The number of sulfonamides is 1. The first-order chi connectivity index (χ1) is 13.7. The average Bonchev–Trinajstić information content (AvgIpc) is 2.67. The fourth-order valence-corrected chi connectivity index (χ4v) is 3.71.